The van der Waals surface area contributed by atoms with Gasteiger partial charge in [-0.05, 0) is 60.7 Å². The Hall–Kier alpha value is -3.48. The number of methoxy groups -OCH3 is 1. The SMILES string of the molecule is COc1ccc(-c2cc(C(=O)N3CCN(c4cccc(Cl)c4)CC3)n(-c3ccccc3Cl)n2)cc1. The molecule has 1 saturated heterocycles. The zero-order valence-electron chi connectivity index (χ0n) is 19.2. The lowest BCUT2D eigenvalue weighted by molar-refractivity contribution is 0.0737. The van der Waals surface area contributed by atoms with Crippen LogP contribution in [-0.2, 0) is 0 Å². The van der Waals surface area contributed by atoms with Gasteiger partial charge in [-0.3, -0.25) is 4.79 Å². The third-order valence-electron chi connectivity index (χ3n) is 6.14. The number of aromatic nitrogens is 2. The highest BCUT2D eigenvalue weighted by molar-refractivity contribution is 6.32. The van der Waals surface area contributed by atoms with E-state index in [1.807, 2.05) is 77.7 Å². The van der Waals surface area contributed by atoms with Crippen molar-refractivity contribution in [1.29, 1.82) is 0 Å². The van der Waals surface area contributed by atoms with Crippen LogP contribution in [0.5, 0.6) is 5.75 Å². The standard InChI is InChI=1S/C27H24Cl2N4O2/c1-35-22-11-9-19(10-12-22)24-18-26(33(30-24)25-8-3-2-7-23(25)29)27(34)32-15-13-31(14-16-32)21-6-4-5-20(28)17-21/h2-12,17-18H,13-16H2,1H3. The van der Waals surface area contributed by atoms with Crippen molar-refractivity contribution in [3.05, 3.63) is 94.6 Å². The molecule has 0 radical (unpaired) electrons. The first-order chi connectivity index (χ1) is 17.0. The van der Waals surface area contributed by atoms with Gasteiger partial charge in [0.15, 0.2) is 0 Å². The average molecular weight is 507 g/mol. The summed E-state index contributed by atoms with van der Waals surface area (Å²) in [5, 5.41) is 6.00. The molecule has 2 heterocycles. The Morgan fingerprint density at radius 1 is 0.886 bits per heavy atom. The number of carbonyl (C=O) groups is 1. The molecule has 0 bridgehead atoms. The van der Waals surface area contributed by atoms with Gasteiger partial charge in [-0.25, -0.2) is 4.68 Å². The van der Waals surface area contributed by atoms with E-state index in [4.69, 9.17) is 33.0 Å². The first-order valence-corrected chi connectivity index (χ1v) is 12.1. The highest BCUT2D eigenvalue weighted by Crippen LogP contribution is 2.28. The van der Waals surface area contributed by atoms with Gasteiger partial charge in [-0.15, -0.1) is 0 Å². The van der Waals surface area contributed by atoms with Crippen LogP contribution < -0.4 is 9.64 Å². The van der Waals surface area contributed by atoms with Crippen LogP contribution in [0.2, 0.25) is 10.0 Å². The molecule has 5 rings (SSSR count). The highest BCUT2D eigenvalue weighted by atomic mass is 35.5. The van der Waals surface area contributed by atoms with Crippen molar-refractivity contribution in [1.82, 2.24) is 14.7 Å². The van der Waals surface area contributed by atoms with Crippen molar-refractivity contribution in [2.24, 2.45) is 0 Å². The Kier molecular flexibility index (Phi) is 6.66. The van der Waals surface area contributed by atoms with Crippen molar-refractivity contribution < 1.29 is 9.53 Å². The van der Waals surface area contributed by atoms with Crippen LogP contribution in [0.3, 0.4) is 0 Å². The van der Waals surface area contributed by atoms with Crippen molar-refractivity contribution in [3.8, 4) is 22.7 Å². The van der Waals surface area contributed by atoms with Crippen molar-refractivity contribution in [2.45, 2.75) is 0 Å². The lowest BCUT2D eigenvalue weighted by Gasteiger charge is -2.36. The van der Waals surface area contributed by atoms with Gasteiger partial charge in [0.05, 0.1) is 23.5 Å². The zero-order chi connectivity index (χ0) is 24.4. The fraction of sp³-hybridized carbons (Fsp3) is 0.185. The molecular formula is C27H24Cl2N4O2. The predicted molar refractivity (Wildman–Crippen MR) is 140 cm³/mol. The van der Waals surface area contributed by atoms with E-state index in [0.717, 1.165) is 30.1 Å². The van der Waals surface area contributed by atoms with E-state index < -0.39 is 0 Å². The number of rotatable bonds is 5. The number of para-hydroxylation sites is 1. The van der Waals surface area contributed by atoms with Gasteiger partial charge >= 0.3 is 0 Å². The van der Waals surface area contributed by atoms with Crippen LogP contribution in [0, 0.1) is 0 Å². The number of ether oxygens (including phenoxy) is 1. The summed E-state index contributed by atoms with van der Waals surface area (Å²) in [6, 6.07) is 24.6. The molecule has 1 aromatic heterocycles. The van der Waals surface area contributed by atoms with Crippen LogP contribution in [-0.4, -0.2) is 53.9 Å². The maximum absolute atomic E-state index is 13.7. The van der Waals surface area contributed by atoms with Gasteiger partial charge in [-0.1, -0.05) is 41.4 Å². The molecular weight excluding hydrogens is 483 g/mol. The minimum atomic E-state index is -0.0806. The van der Waals surface area contributed by atoms with Crippen molar-refractivity contribution in [3.63, 3.8) is 0 Å². The van der Waals surface area contributed by atoms with E-state index in [0.29, 0.717) is 40.2 Å². The Morgan fingerprint density at radius 3 is 2.31 bits per heavy atom. The minimum Gasteiger partial charge on any atom is -0.497 e. The number of amides is 1. The Balaban J connectivity index is 1.44. The van der Waals surface area contributed by atoms with Gasteiger partial charge in [0, 0.05) is 42.5 Å². The summed E-state index contributed by atoms with van der Waals surface area (Å²) in [4.78, 5) is 17.8. The molecule has 1 amide bonds. The number of nitrogens with zero attached hydrogens (tertiary/aromatic N) is 4. The van der Waals surface area contributed by atoms with Crippen LogP contribution in [0.1, 0.15) is 10.5 Å². The van der Waals surface area contributed by atoms with Crippen LogP contribution in [0.15, 0.2) is 78.9 Å². The molecule has 0 aliphatic carbocycles. The molecule has 0 atom stereocenters. The molecule has 3 aromatic carbocycles. The molecule has 178 valence electrons. The maximum atomic E-state index is 13.7. The zero-order valence-corrected chi connectivity index (χ0v) is 20.7. The van der Waals surface area contributed by atoms with Gasteiger partial charge < -0.3 is 14.5 Å². The van der Waals surface area contributed by atoms with Gasteiger partial charge in [-0.2, -0.15) is 5.10 Å². The average Bonchev–Trinajstić information content (AvgIpc) is 3.34. The monoisotopic (exact) mass is 506 g/mol. The fourth-order valence-electron chi connectivity index (χ4n) is 4.25. The molecule has 0 spiro atoms. The summed E-state index contributed by atoms with van der Waals surface area (Å²) in [7, 11) is 1.63. The fourth-order valence-corrected chi connectivity index (χ4v) is 4.65. The number of hydrogen-bond donors (Lipinski definition) is 0. The largest absolute Gasteiger partial charge is 0.497 e. The van der Waals surface area contributed by atoms with E-state index >= 15 is 0 Å². The van der Waals surface area contributed by atoms with Gasteiger partial charge in [0.25, 0.3) is 5.91 Å². The molecule has 0 N–H and O–H groups in total. The molecule has 0 saturated carbocycles. The summed E-state index contributed by atoms with van der Waals surface area (Å²) in [6.07, 6.45) is 0. The van der Waals surface area contributed by atoms with Gasteiger partial charge in [0.2, 0.25) is 0 Å². The topological polar surface area (TPSA) is 50.6 Å². The second kappa shape index (κ2) is 10.0. The number of hydrogen-bond acceptors (Lipinski definition) is 4. The third kappa shape index (κ3) is 4.85. The predicted octanol–water partition coefficient (Wildman–Crippen LogP) is 5.82. The summed E-state index contributed by atoms with van der Waals surface area (Å²) < 4.78 is 6.91. The first kappa shape index (κ1) is 23.3. The smallest absolute Gasteiger partial charge is 0.272 e. The third-order valence-corrected chi connectivity index (χ3v) is 6.69. The molecule has 0 unspecified atom stereocenters. The molecule has 8 heteroatoms. The normalized spacial score (nSPS) is 13.7. The maximum Gasteiger partial charge on any atom is 0.272 e. The summed E-state index contributed by atoms with van der Waals surface area (Å²) in [5.74, 6) is 0.677. The van der Waals surface area contributed by atoms with Crippen LogP contribution >= 0.6 is 23.2 Å². The minimum absolute atomic E-state index is 0.0806. The van der Waals surface area contributed by atoms with Crippen LogP contribution in [0.25, 0.3) is 16.9 Å². The molecule has 6 nitrogen and oxygen atoms in total. The molecule has 1 aliphatic rings. The lowest BCUT2D eigenvalue weighted by atomic mass is 10.1. The van der Waals surface area contributed by atoms with Crippen LogP contribution in [0.4, 0.5) is 5.69 Å². The van der Waals surface area contributed by atoms with E-state index in [9.17, 15) is 4.79 Å². The number of piperazine rings is 1. The van der Waals surface area contributed by atoms with E-state index in [1.165, 1.54) is 0 Å². The number of benzene rings is 3. The molecule has 1 fully saturated rings. The Bertz CT molecular complexity index is 1350. The summed E-state index contributed by atoms with van der Waals surface area (Å²) in [5.41, 5.74) is 3.77. The highest BCUT2D eigenvalue weighted by Gasteiger charge is 2.27. The van der Waals surface area contributed by atoms with Crippen molar-refractivity contribution in [2.75, 3.05) is 38.2 Å². The summed E-state index contributed by atoms with van der Waals surface area (Å²) >= 11 is 12.7. The lowest BCUT2D eigenvalue weighted by Crippen LogP contribution is -2.49. The molecule has 1 aliphatic heterocycles. The summed E-state index contributed by atoms with van der Waals surface area (Å²) in [6.45, 7) is 2.63. The number of anilines is 1. The number of halogens is 2. The van der Waals surface area contributed by atoms with E-state index in [1.54, 1.807) is 17.9 Å². The van der Waals surface area contributed by atoms with Gasteiger partial charge in [0.1, 0.15) is 11.4 Å². The molecule has 4 aromatic rings. The first-order valence-electron chi connectivity index (χ1n) is 11.3. The van der Waals surface area contributed by atoms with E-state index in [2.05, 4.69) is 4.90 Å². The second-order valence-electron chi connectivity index (χ2n) is 8.27. The second-order valence-corrected chi connectivity index (χ2v) is 9.11. The number of carbonyl (C=O) groups excluding carboxylic acids is 1. The Morgan fingerprint density at radius 2 is 1.63 bits per heavy atom. The quantitative estimate of drug-likeness (QED) is 0.342. The molecule has 35 heavy (non-hydrogen) atoms. The Labute approximate surface area is 214 Å². The van der Waals surface area contributed by atoms with Crippen molar-refractivity contribution >= 4 is 34.8 Å². The van der Waals surface area contributed by atoms with E-state index in [-0.39, 0.29) is 5.91 Å².